The largest absolute Gasteiger partial charge is 0.387 e. The van der Waals surface area contributed by atoms with Crippen molar-refractivity contribution in [1.29, 1.82) is 0 Å². The Bertz CT molecular complexity index is 349. The van der Waals surface area contributed by atoms with Gasteiger partial charge in [-0.2, -0.15) is 0 Å². The minimum atomic E-state index is -0.834. The molecule has 0 aromatic carbocycles. The van der Waals surface area contributed by atoms with Crippen molar-refractivity contribution in [2.75, 3.05) is 20.7 Å². The highest BCUT2D eigenvalue weighted by atomic mass is 16.6. The van der Waals surface area contributed by atoms with Gasteiger partial charge in [0.15, 0.2) is 6.23 Å². The normalized spacial score (nSPS) is 30.5. The minimum Gasteiger partial charge on any atom is -0.387 e. The molecule has 8 heteroatoms. The smallest absolute Gasteiger partial charge is 0.251 e. The summed E-state index contributed by atoms with van der Waals surface area (Å²) in [5, 5.41) is 11.9. The zero-order chi connectivity index (χ0) is 14.4. The molecule has 0 spiro atoms. The highest BCUT2D eigenvalue weighted by molar-refractivity contribution is 5.94. The van der Waals surface area contributed by atoms with Crippen molar-refractivity contribution in [3.8, 4) is 0 Å². The van der Waals surface area contributed by atoms with Gasteiger partial charge in [0, 0.05) is 33.0 Å². The number of hydrogen-bond donors (Lipinski definition) is 3. The zero-order valence-corrected chi connectivity index (χ0v) is 10.9. The van der Waals surface area contributed by atoms with Crippen LogP contribution >= 0.6 is 0 Å². The molecule has 1 heterocycles. The van der Waals surface area contributed by atoms with Crippen LogP contribution in [0.25, 0.3) is 0 Å². The van der Waals surface area contributed by atoms with Gasteiger partial charge in [-0.25, -0.2) is 0 Å². The molecule has 0 bridgehead atoms. The summed E-state index contributed by atoms with van der Waals surface area (Å²) in [7, 11) is 3.12. The number of amides is 2. The van der Waals surface area contributed by atoms with E-state index in [1.165, 1.54) is 19.4 Å². The van der Waals surface area contributed by atoms with Crippen molar-refractivity contribution in [2.24, 2.45) is 5.73 Å². The molecule has 108 valence electrons. The molecule has 0 aromatic rings. The fourth-order valence-electron chi connectivity index (χ4n) is 1.87. The summed E-state index contributed by atoms with van der Waals surface area (Å²) in [5.74, 6) is -0.551. The Morgan fingerprint density at radius 3 is 2.84 bits per heavy atom. The molecule has 19 heavy (non-hydrogen) atoms. The third-order valence-corrected chi connectivity index (χ3v) is 2.88. The number of methoxy groups -OCH3 is 1. The number of rotatable bonds is 6. The van der Waals surface area contributed by atoms with Gasteiger partial charge in [-0.3, -0.25) is 14.9 Å². The Balaban J connectivity index is 2.67. The van der Waals surface area contributed by atoms with E-state index in [0.29, 0.717) is 6.41 Å². The molecule has 1 saturated heterocycles. The second kappa shape index (κ2) is 7.19. The van der Waals surface area contributed by atoms with Crippen molar-refractivity contribution in [2.45, 2.75) is 24.5 Å². The fraction of sp³-hybridized carbons (Fsp3) is 0.636. The summed E-state index contributed by atoms with van der Waals surface area (Å²) in [5.41, 5.74) is 5.49. The molecule has 0 saturated carbocycles. The molecule has 1 aliphatic rings. The highest BCUT2D eigenvalue weighted by Gasteiger charge is 2.44. The summed E-state index contributed by atoms with van der Waals surface area (Å²) in [4.78, 5) is 22.7. The van der Waals surface area contributed by atoms with E-state index < -0.39 is 30.4 Å². The molecule has 0 aromatic heterocycles. The van der Waals surface area contributed by atoms with Crippen LogP contribution in [-0.2, 0) is 19.1 Å². The van der Waals surface area contributed by atoms with Crippen molar-refractivity contribution >= 4 is 12.3 Å². The van der Waals surface area contributed by atoms with Crippen molar-refractivity contribution in [1.82, 2.24) is 10.2 Å². The summed E-state index contributed by atoms with van der Waals surface area (Å²) in [6, 6.07) is 0. The topological polar surface area (TPSA) is 114 Å². The predicted octanol–water partition coefficient (Wildman–Crippen LogP) is -2.24. The second-order valence-electron chi connectivity index (χ2n) is 4.10. The first-order chi connectivity index (χ1) is 9.04. The van der Waals surface area contributed by atoms with Crippen LogP contribution in [0.4, 0.5) is 0 Å². The molecule has 2 amide bonds. The Morgan fingerprint density at radius 1 is 1.63 bits per heavy atom. The van der Waals surface area contributed by atoms with Crippen molar-refractivity contribution < 1.29 is 24.2 Å². The molecule has 1 aliphatic heterocycles. The monoisotopic (exact) mass is 273 g/mol. The lowest BCUT2D eigenvalue weighted by Gasteiger charge is -2.26. The summed E-state index contributed by atoms with van der Waals surface area (Å²) in [6.07, 6.45) is 0.416. The number of carbonyl (C=O) groups is 2. The number of aliphatic hydroxyl groups excluding tert-OH is 1. The first kappa shape index (κ1) is 15.6. The number of hydrogen-bond acceptors (Lipinski definition) is 7. The Morgan fingerprint density at radius 2 is 2.32 bits per heavy atom. The number of nitrogens with two attached hydrogens (primary N) is 1. The van der Waals surface area contributed by atoms with Crippen LogP contribution in [-0.4, -0.2) is 67.6 Å². The van der Waals surface area contributed by atoms with E-state index in [0.717, 1.165) is 0 Å². The predicted molar refractivity (Wildman–Crippen MR) is 65.6 cm³/mol. The highest BCUT2D eigenvalue weighted by Crippen LogP contribution is 2.25. The first-order valence-corrected chi connectivity index (χ1v) is 5.75. The van der Waals surface area contributed by atoms with E-state index >= 15 is 0 Å². The third-order valence-electron chi connectivity index (χ3n) is 2.88. The fourth-order valence-corrected chi connectivity index (χ4v) is 1.87. The molecular weight excluding hydrogens is 254 g/mol. The summed E-state index contributed by atoms with van der Waals surface area (Å²) in [6.45, 7) is 0.167. The van der Waals surface area contributed by atoms with E-state index in [-0.39, 0.29) is 6.54 Å². The third kappa shape index (κ3) is 3.74. The lowest BCUT2D eigenvalue weighted by atomic mass is 10.1. The molecular formula is C11H19N3O5. The average Bonchev–Trinajstić information content (AvgIpc) is 2.72. The number of aliphatic hydroxyl groups is 1. The van der Waals surface area contributed by atoms with E-state index in [4.69, 9.17) is 15.2 Å². The van der Waals surface area contributed by atoms with Crippen LogP contribution < -0.4 is 11.1 Å². The van der Waals surface area contributed by atoms with Gasteiger partial charge in [-0.15, -0.1) is 0 Å². The number of likely N-dealkylation sites (N-methyl/N-ethyl adjacent to an activating group) is 1. The number of carbonyl (C=O) groups excluding carboxylic acids is 2. The summed E-state index contributed by atoms with van der Waals surface area (Å²) < 4.78 is 10.7. The van der Waals surface area contributed by atoms with Gasteiger partial charge in [0.2, 0.25) is 6.41 Å². The van der Waals surface area contributed by atoms with E-state index in [1.807, 2.05) is 5.32 Å². The van der Waals surface area contributed by atoms with Crippen LogP contribution in [0.3, 0.4) is 0 Å². The van der Waals surface area contributed by atoms with Crippen LogP contribution in [0.1, 0.15) is 0 Å². The van der Waals surface area contributed by atoms with Crippen molar-refractivity contribution in [3.63, 3.8) is 0 Å². The SMILES string of the molecule is COC1C(O)C(CN)OC1N(C)/C=C\C(=O)NC=O. The molecule has 0 radical (unpaired) electrons. The van der Waals surface area contributed by atoms with Gasteiger partial charge in [-0.05, 0) is 0 Å². The molecule has 4 unspecified atom stereocenters. The van der Waals surface area contributed by atoms with E-state index in [9.17, 15) is 14.7 Å². The van der Waals surface area contributed by atoms with E-state index in [1.54, 1.807) is 11.9 Å². The van der Waals surface area contributed by atoms with Crippen LogP contribution in [0, 0.1) is 0 Å². The standard InChI is InChI=1S/C11H19N3O5/c1-14(4-3-8(16)13-6-15)11-10(18-2)9(17)7(5-12)19-11/h3-4,6-7,9-11,17H,5,12H2,1-2H3,(H,13,15,16)/b4-3-. The number of nitrogens with zero attached hydrogens (tertiary/aromatic N) is 1. The number of nitrogens with one attached hydrogen (secondary N) is 1. The zero-order valence-electron chi connectivity index (χ0n) is 10.9. The van der Waals surface area contributed by atoms with Gasteiger partial charge in [0.1, 0.15) is 18.3 Å². The molecule has 0 aliphatic carbocycles. The molecule has 1 rings (SSSR count). The second-order valence-corrected chi connectivity index (χ2v) is 4.10. The Hall–Kier alpha value is -1.48. The Kier molecular flexibility index (Phi) is 5.90. The molecule has 4 atom stereocenters. The average molecular weight is 273 g/mol. The van der Waals surface area contributed by atoms with Gasteiger partial charge >= 0.3 is 0 Å². The van der Waals surface area contributed by atoms with Crippen LogP contribution in [0.5, 0.6) is 0 Å². The van der Waals surface area contributed by atoms with Gasteiger partial charge in [-0.1, -0.05) is 0 Å². The molecule has 4 N–H and O–H groups in total. The van der Waals surface area contributed by atoms with Crippen LogP contribution in [0.2, 0.25) is 0 Å². The maximum atomic E-state index is 11.1. The van der Waals surface area contributed by atoms with Crippen LogP contribution in [0.15, 0.2) is 12.3 Å². The maximum absolute atomic E-state index is 11.1. The maximum Gasteiger partial charge on any atom is 0.251 e. The lowest BCUT2D eigenvalue weighted by molar-refractivity contribution is -0.121. The first-order valence-electron chi connectivity index (χ1n) is 5.75. The van der Waals surface area contributed by atoms with Gasteiger partial charge in [0.25, 0.3) is 5.91 Å². The van der Waals surface area contributed by atoms with Gasteiger partial charge < -0.3 is 25.2 Å². The summed E-state index contributed by atoms with van der Waals surface area (Å²) >= 11 is 0. The quantitative estimate of drug-likeness (QED) is 0.370. The number of imide groups is 1. The Labute approximate surface area is 111 Å². The molecule has 1 fully saturated rings. The lowest BCUT2D eigenvalue weighted by Crippen LogP contribution is -2.41. The minimum absolute atomic E-state index is 0.167. The van der Waals surface area contributed by atoms with Gasteiger partial charge in [0.05, 0.1) is 0 Å². The molecule has 8 nitrogen and oxygen atoms in total. The number of ether oxygens (including phenoxy) is 2. The van der Waals surface area contributed by atoms with Crippen molar-refractivity contribution in [3.05, 3.63) is 12.3 Å². The van der Waals surface area contributed by atoms with E-state index in [2.05, 4.69) is 0 Å².